The second-order valence-corrected chi connectivity index (χ2v) is 8.08. The van der Waals surface area contributed by atoms with Crippen LogP contribution in [-0.2, 0) is 25.7 Å². The molecule has 5 heteroatoms. The van der Waals surface area contributed by atoms with E-state index in [-0.39, 0.29) is 23.0 Å². The average Bonchev–Trinajstić information content (AvgIpc) is 2.78. The average molecular weight is 443 g/mol. The number of phenolic OH excluding ortho intramolecular Hbond substituents is 4. The first-order valence-corrected chi connectivity index (χ1v) is 10.8. The summed E-state index contributed by atoms with van der Waals surface area (Å²) < 4.78 is 5.98. The maximum atomic E-state index is 10.3. The molecule has 0 atom stereocenters. The summed E-state index contributed by atoms with van der Waals surface area (Å²) in [5.41, 5.74) is 3.94. The molecule has 4 aromatic carbocycles. The number of benzene rings is 4. The lowest BCUT2D eigenvalue weighted by Crippen LogP contribution is -1.94. The van der Waals surface area contributed by atoms with Crippen LogP contribution in [0.4, 0.5) is 0 Å². The van der Waals surface area contributed by atoms with Crippen molar-refractivity contribution in [3.05, 3.63) is 107 Å². The van der Waals surface area contributed by atoms with Crippen LogP contribution in [0.5, 0.6) is 34.5 Å². The van der Waals surface area contributed by atoms with Gasteiger partial charge in [-0.1, -0.05) is 30.3 Å². The molecule has 4 rings (SSSR count). The molecular formula is C28H26O5. The third kappa shape index (κ3) is 6.20. The normalized spacial score (nSPS) is 10.8. The zero-order valence-electron chi connectivity index (χ0n) is 18.1. The van der Waals surface area contributed by atoms with Crippen LogP contribution in [0, 0.1) is 0 Å². The standard InChI is InChI=1S/C28H26O5/c29-23-5-1-3-19(13-23)7-8-21-11-12-27(32)28(17-21)33-26-6-2-4-20(16-26)9-10-22-14-24(30)18-25(31)15-22/h1-6,11-18,29-32H,7-10H2. The summed E-state index contributed by atoms with van der Waals surface area (Å²) >= 11 is 0. The van der Waals surface area contributed by atoms with E-state index in [1.54, 1.807) is 30.3 Å². The Kier molecular flexibility index (Phi) is 6.69. The molecule has 0 fully saturated rings. The Morgan fingerprint density at radius 3 is 1.76 bits per heavy atom. The fraction of sp³-hybridized carbons (Fsp3) is 0.143. The third-order valence-corrected chi connectivity index (χ3v) is 5.43. The fourth-order valence-corrected chi connectivity index (χ4v) is 3.78. The zero-order valence-corrected chi connectivity index (χ0v) is 18.1. The van der Waals surface area contributed by atoms with Crippen LogP contribution in [0.3, 0.4) is 0 Å². The molecule has 0 unspecified atom stereocenters. The Labute approximate surface area is 192 Å². The van der Waals surface area contributed by atoms with E-state index in [1.807, 2.05) is 48.5 Å². The molecule has 0 aliphatic heterocycles. The maximum absolute atomic E-state index is 10.3. The highest BCUT2D eigenvalue weighted by molar-refractivity contribution is 5.45. The molecule has 0 aliphatic carbocycles. The highest BCUT2D eigenvalue weighted by Crippen LogP contribution is 2.32. The molecule has 0 saturated heterocycles. The first-order chi connectivity index (χ1) is 15.9. The number of ether oxygens (including phenoxy) is 1. The molecule has 0 spiro atoms. The van der Waals surface area contributed by atoms with Gasteiger partial charge in [0.05, 0.1) is 0 Å². The number of aryl methyl sites for hydroxylation is 4. The van der Waals surface area contributed by atoms with Gasteiger partial charge in [0, 0.05) is 6.07 Å². The van der Waals surface area contributed by atoms with Gasteiger partial charge in [0.15, 0.2) is 11.5 Å². The summed E-state index contributed by atoms with van der Waals surface area (Å²) in [5.74, 6) is 1.41. The van der Waals surface area contributed by atoms with Crippen molar-refractivity contribution in [3.63, 3.8) is 0 Å². The van der Waals surface area contributed by atoms with Crippen molar-refractivity contribution in [3.8, 4) is 34.5 Å². The molecule has 4 N–H and O–H groups in total. The van der Waals surface area contributed by atoms with E-state index in [0.29, 0.717) is 24.3 Å². The van der Waals surface area contributed by atoms with Crippen LogP contribution in [0.25, 0.3) is 0 Å². The van der Waals surface area contributed by atoms with Gasteiger partial charge < -0.3 is 25.2 Å². The van der Waals surface area contributed by atoms with Crippen molar-refractivity contribution in [2.75, 3.05) is 0 Å². The predicted octanol–water partition coefficient (Wildman–Crippen LogP) is 5.87. The Morgan fingerprint density at radius 1 is 0.485 bits per heavy atom. The molecule has 0 aromatic heterocycles. The lowest BCUT2D eigenvalue weighted by Gasteiger charge is -2.11. The molecule has 0 aliphatic rings. The van der Waals surface area contributed by atoms with Crippen molar-refractivity contribution in [2.24, 2.45) is 0 Å². The molecule has 5 nitrogen and oxygen atoms in total. The van der Waals surface area contributed by atoms with E-state index in [1.165, 1.54) is 6.07 Å². The summed E-state index contributed by atoms with van der Waals surface area (Å²) in [6, 6.07) is 24.8. The number of hydrogen-bond acceptors (Lipinski definition) is 5. The van der Waals surface area contributed by atoms with Gasteiger partial charge in [0.1, 0.15) is 23.0 Å². The summed E-state index contributed by atoms with van der Waals surface area (Å²) in [6.45, 7) is 0. The Morgan fingerprint density at radius 2 is 1.06 bits per heavy atom. The zero-order chi connectivity index (χ0) is 23.2. The van der Waals surface area contributed by atoms with Crippen LogP contribution in [0.2, 0.25) is 0 Å². The van der Waals surface area contributed by atoms with Crippen molar-refractivity contribution in [1.29, 1.82) is 0 Å². The Bertz CT molecular complexity index is 1230. The third-order valence-electron chi connectivity index (χ3n) is 5.43. The first-order valence-electron chi connectivity index (χ1n) is 10.8. The molecule has 0 radical (unpaired) electrons. The molecular weight excluding hydrogens is 416 g/mol. The largest absolute Gasteiger partial charge is 0.508 e. The Balaban J connectivity index is 1.42. The van der Waals surface area contributed by atoms with Gasteiger partial charge in [-0.25, -0.2) is 0 Å². The maximum Gasteiger partial charge on any atom is 0.169 e. The van der Waals surface area contributed by atoms with Crippen LogP contribution < -0.4 is 4.74 Å². The monoisotopic (exact) mass is 442 g/mol. The molecule has 0 heterocycles. The second kappa shape index (κ2) is 10.0. The van der Waals surface area contributed by atoms with Gasteiger partial charge in [-0.15, -0.1) is 0 Å². The number of phenols is 4. The highest BCUT2D eigenvalue weighted by Gasteiger charge is 2.08. The van der Waals surface area contributed by atoms with E-state index < -0.39 is 0 Å². The predicted molar refractivity (Wildman–Crippen MR) is 127 cm³/mol. The minimum atomic E-state index is 0.0431. The lowest BCUT2D eigenvalue weighted by molar-refractivity contribution is 0.410. The summed E-state index contributed by atoms with van der Waals surface area (Å²) in [7, 11) is 0. The van der Waals surface area contributed by atoms with Gasteiger partial charge in [-0.3, -0.25) is 0 Å². The van der Waals surface area contributed by atoms with Crippen LogP contribution >= 0.6 is 0 Å². The van der Waals surface area contributed by atoms with Gasteiger partial charge in [-0.05, 0) is 96.5 Å². The number of rotatable bonds is 8. The molecule has 33 heavy (non-hydrogen) atoms. The number of aromatic hydroxyl groups is 4. The summed E-state index contributed by atoms with van der Waals surface area (Å²) in [4.78, 5) is 0. The smallest absolute Gasteiger partial charge is 0.169 e. The van der Waals surface area contributed by atoms with Crippen LogP contribution in [-0.4, -0.2) is 20.4 Å². The van der Waals surface area contributed by atoms with E-state index in [9.17, 15) is 20.4 Å². The molecule has 0 saturated carbocycles. The first kappa shape index (κ1) is 22.1. The quantitative estimate of drug-likeness (QED) is 0.274. The van der Waals surface area contributed by atoms with E-state index in [2.05, 4.69) is 0 Å². The topological polar surface area (TPSA) is 90.2 Å². The Hall–Kier alpha value is -4.12. The molecule has 0 bridgehead atoms. The van der Waals surface area contributed by atoms with Crippen LogP contribution in [0.15, 0.2) is 84.9 Å². The van der Waals surface area contributed by atoms with Crippen molar-refractivity contribution < 1.29 is 25.2 Å². The molecule has 4 aromatic rings. The van der Waals surface area contributed by atoms with Gasteiger partial charge in [0.2, 0.25) is 0 Å². The summed E-state index contributed by atoms with van der Waals surface area (Å²) in [5, 5.41) is 39.2. The lowest BCUT2D eigenvalue weighted by atomic mass is 10.0. The number of hydrogen-bond donors (Lipinski definition) is 4. The van der Waals surface area contributed by atoms with E-state index in [0.717, 1.165) is 35.1 Å². The highest BCUT2D eigenvalue weighted by atomic mass is 16.5. The molecule has 0 amide bonds. The van der Waals surface area contributed by atoms with Crippen LogP contribution in [0.1, 0.15) is 22.3 Å². The summed E-state index contributed by atoms with van der Waals surface area (Å²) in [6.07, 6.45) is 2.87. The fourth-order valence-electron chi connectivity index (χ4n) is 3.78. The van der Waals surface area contributed by atoms with Gasteiger partial charge in [-0.2, -0.15) is 0 Å². The molecule has 168 valence electrons. The van der Waals surface area contributed by atoms with E-state index >= 15 is 0 Å². The van der Waals surface area contributed by atoms with Gasteiger partial charge >= 0.3 is 0 Å². The SMILES string of the molecule is Oc1cccc(CCc2ccc(O)c(Oc3cccc(CCc4cc(O)cc(O)c4)c3)c2)c1. The van der Waals surface area contributed by atoms with E-state index in [4.69, 9.17) is 4.74 Å². The minimum absolute atomic E-state index is 0.0431. The van der Waals surface area contributed by atoms with Crippen molar-refractivity contribution in [2.45, 2.75) is 25.7 Å². The minimum Gasteiger partial charge on any atom is -0.508 e. The van der Waals surface area contributed by atoms with Gasteiger partial charge in [0.25, 0.3) is 0 Å². The second-order valence-electron chi connectivity index (χ2n) is 8.08. The van der Waals surface area contributed by atoms with Crippen molar-refractivity contribution >= 4 is 0 Å². The van der Waals surface area contributed by atoms with Crippen molar-refractivity contribution in [1.82, 2.24) is 0 Å².